The Morgan fingerprint density at radius 1 is 1.25 bits per heavy atom. The average Bonchev–Trinajstić information content (AvgIpc) is 3.30. The smallest absolute Gasteiger partial charge is 0.162 e. The number of benzene rings is 1. The molecule has 36 heavy (non-hydrogen) atoms. The summed E-state index contributed by atoms with van der Waals surface area (Å²) < 4.78 is 17.1. The Labute approximate surface area is 211 Å². The first-order valence-electron chi connectivity index (χ1n) is 12.4. The summed E-state index contributed by atoms with van der Waals surface area (Å²) in [5.41, 5.74) is 4.42. The molecular formula is C27H35N5O4. The van der Waals surface area contributed by atoms with Gasteiger partial charge in [0.15, 0.2) is 5.82 Å². The Balaban J connectivity index is 1.53. The summed E-state index contributed by atoms with van der Waals surface area (Å²) in [7, 11) is 5.72. The number of nitrogens with one attached hydrogen (secondary N) is 1. The van der Waals surface area contributed by atoms with Gasteiger partial charge in [0.2, 0.25) is 0 Å². The molecule has 2 saturated carbocycles. The van der Waals surface area contributed by atoms with Crippen LogP contribution in [0.5, 0.6) is 5.75 Å². The fourth-order valence-electron chi connectivity index (χ4n) is 5.51. The number of rotatable bonds is 10. The van der Waals surface area contributed by atoms with Crippen molar-refractivity contribution < 1.29 is 19.1 Å². The van der Waals surface area contributed by atoms with E-state index < -0.39 is 6.10 Å². The van der Waals surface area contributed by atoms with Crippen LogP contribution in [-0.4, -0.2) is 72.3 Å². The Morgan fingerprint density at radius 2 is 2.06 bits per heavy atom. The fourth-order valence-corrected chi connectivity index (χ4v) is 5.51. The predicted molar refractivity (Wildman–Crippen MR) is 137 cm³/mol. The van der Waals surface area contributed by atoms with Crippen LogP contribution in [0.1, 0.15) is 29.9 Å². The van der Waals surface area contributed by atoms with Crippen molar-refractivity contribution in [3.63, 3.8) is 0 Å². The number of aliphatic hydroxyl groups is 1. The van der Waals surface area contributed by atoms with Crippen molar-refractivity contribution in [2.75, 3.05) is 39.3 Å². The lowest BCUT2D eigenvalue weighted by molar-refractivity contribution is 0.00561. The summed E-state index contributed by atoms with van der Waals surface area (Å²) in [6.45, 7) is 6.57. The molecule has 9 heteroatoms. The highest BCUT2D eigenvalue weighted by Gasteiger charge is 2.69. The Bertz CT molecular complexity index is 1240. The van der Waals surface area contributed by atoms with Crippen LogP contribution in [0.15, 0.2) is 28.8 Å². The zero-order valence-corrected chi connectivity index (χ0v) is 21.8. The second kappa shape index (κ2) is 9.46. The van der Waals surface area contributed by atoms with Crippen molar-refractivity contribution in [1.82, 2.24) is 20.4 Å². The van der Waals surface area contributed by atoms with Crippen LogP contribution in [0.4, 0.5) is 5.82 Å². The van der Waals surface area contributed by atoms with E-state index in [2.05, 4.69) is 29.3 Å². The molecule has 9 nitrogen and oxygen atoms in total. The van der Waals surface area contributed by atoms with Gasteiger partial charge >= 0.3 is 0 Å². The van der Waals surface area contributed by atoms with Crippen LogP contribution in [0.2, 0.25) is 0 Å². The highest BCUT2D eigenvalue weighted by Crippen LogP contribution is 2.63. The summed E-state index contributed by atoms with van der Waals surface area (Å²) >= 11 is 0. The highest BCUT2D eigenvalue weighted by atomic mass is 16.5. The molecule has 1 aromatic carbocycles. The van der Waals surface area contributed by atoms with Crippen LogP contribution < -0.4 is 15.0 Å². The third-order valence-electron chi connectivity index (χ3n) is 7.70. The molecule has 0 spiro atoms. The second-order valence-electron chi connectivity index (χ2n) is 10.1. The highest BCUT2D eigenvalue weighted by molar-refractivity contribution is 5.75. The molecule has 192 valence electrons. The van der Waals surface area contributed by atoms with Crippen molar-refractivity contribution in [2.24, 2.45) is 5.92 Å². The van der Waals surface area contributed by atoms with E-state index in [0.29, 0.717) is 30.1 Å². The number of ether oxygens (including phenoxy) is 2. The molecule has 2 aliphatic carbocycles. The van der Waals surface area contributed by atoms with Gasteiger partial charge < -0.3 is 29.3 Å². The molecule has 2 aromatic heterocycles. The van der Waals surface area contributed by atoms with Crippen LogP contribution >= 0.6 is 0 Å². The lowest BCUT2D eigenvalue weighted by Gasteiger charge is -2.41. The number of aliphatic hydroxyl groups excluding tert-OH is 1. The molecule has 0 bridgehead atoms. The molecular weight excluding hydrogens is 458 g/mol. The van der Waals surface area contributed by atoms with Gasteiger partial charge in [-0.15, -0.1) is 0 Å². The Morgan fingerprint density at radius 3 is 2.69 bits per heavy atom. The maximum absolute atomic E-state index is 10.0. The minimum atomic E-state index is -0.593. The van der Waals surface area contributed by atoms with E-state index >= 15 is 0 Å². The number of anilines is 1. The predicted octanol–water partition coefficient (Wildman–Crippen LogP) is 3.30. The molecule has 0 amide bonds. The zero-order valence-electron chi connectivity index (χ0n) is 21.8. The molecule has 2 N–H and O–H groups in total. The summed E-state index contributed by atoms with van der Waals surface area (Å²) in [4.78, 5) is 12.3. The van der Waals surface area contributed by atoms with E-state index in [4.69, 9.17) is 24.0 Å². The SMILES string of the molecule is CNCC(O)COc1cccc(-c2nc(-c3c(C)noc3C)c(C)c(N(C)[C@H]3C[C@]4(OC)CC34)n2)c1. The first kappa shape index (κ1) is 24.7. The van der Waals surface area contributed by atoms with E-state index in [9.17, 15) is 5.11 Å². The van der Waals surface area contributed by atoms with Gasteiger partial charge in [-0.25, -0.2) is 9.97 Å². The molecule has 2 aliphatic rings. The van der Waals surface area contributed by atoms with Gasteiger partial charge in [0.05, 0.1) is 22.6 Å². The van der Waals surface area contributed by atoms with Crippen LogP contribution in [0.3, 0.4) is 0 Å². The number of nitrogens with zero attached hydrogens (tertiary/aromatic N) is 4. The van der Waals surface area contributed by atoms with E-state index in [1.54, 1.807) is 7.05 Å². The number of hydrogen-bond donors (Lipinski definition) is 2. The van der Waals surface area contributed by atoms with Gasteiger partial charge in [0.25, 0.3) is 0 Å². The lowest BCUT2D eigenvalue weighted by atomic mass is 9.88. The number of likely N-dealkylation sites (N-methyl/N-ethyl adjacent to an activating group) is 1. The summed E-state index contributed by atoms with van der Waals surface area (Å²) in [5.74, 6) is 3.42. The van der Waals surface area contributed by atoms with Crippen molar-refractivity contribution >= 4 is 5.82 Å². The third-order valence-corrected chi connectivity index (χ3v) is 7.70. The maximum atomic E-state index is 10.0. The average molecular weight is 494 g/mol. The first-order chi connectivity index (χ1) is 17.3. The molecule has 2 fully saturated rings. The summed E-state index contributed by atoms with van der Waals surface area (Å²) in [6, 6.07) is 8.06. The minimum Gasteiger partial charge on any atom is -0.491 e. The van der Waals surface area contributed by atoms with Crippen molar-refractivity contribution in [3.8, 4) is 28.4 Å². The largest absolute Gasteiger partial charge is 0.491 e. The Kier molecular flexibility index (Phi) is 6.48. The number of methoxy groups -OCH3 is 1. The monoisotopic (exact) mass is 493 g/mol. The topological polar surface area (TPSA) is 106 Å². The van der Waals surface area contributed by atoms with E-state index in [1.807, 2.05) is 45.2 Å². The lowest BCUT2D eigenvalue weighted by Crippen LogP contribution is -2.48. The molecule has 2 unspecified atom stereocenters. The number of fused-ring (bicyclic) bond motifs is 1. The molecule has 2 heterocycles. The summed E-state index contributed by atoms with van der Waals surface area (Å²) in [6.07, 6.45) is 1.51. The second-order valence-corrected chi connectivity index (χ2v) is 10.1. The molecule has 0 saturated heterocycles. The quantitative estimate of drug-likeness (QED) is 0.440. The van der Waals surface area contributed by atoms with Gasteiger partial charge in [-0.2, -0.15) is 0 Å². The van der Waals surface area contributed by atoms with Crippen molar-refractivity contribution in [2.45, 2.75) is 51.4 Å². The van der Waals surface area contributed by atoms with Gasteiger partial charge in [-0.1, -0.05) is 17.3 Å². The molecule has 5 rings (SSSR count). The maximum Gasteiger partial charge on any atom is 0.162 e. The van der Waals surface area contributed by atoms with E-state index in [1.165, 1.54) is 0 Å². The number of aryl methyl sites for hydroxylation is 2. The fraction of sp³-hybridized carbons (Fsp3) is 0.519. The third kappa shape index (κ3) is 4.25. The minimum absolute atomic E-state index is 0.0662. The normalized spacial score (nSPS) is 23.1. The standard InChI is InChI=1S/C27H35N5O4/c1-15-24(23-16(2)31-36-17(23)3)29-25(18-8-7-9-20(10-18)35-14-19(33)13-28-4)30-26(15)32(5)22-12-27(34-6)11-21(22)27/h7-10,19,21-22,28,33H,11-14H2,1-6H3/t19?,21?,22-,27+/m0/s1. The van der Waals surface area contributed by atoms with Gasteiger partial charge in [0, 0.05) is 43.8 Å². The van der Waals surface area contributed by atoms with Crippen LogP contribution in [0, 0.1) is 26.7 Å². The zero-order chi connectivity index (χ0) is 25.6. The Hall–Kier alpha value is -3.01. The van der Waals surface area contributed by atoms with E-state index in [-0.39, 0.29) is 12.2 Å². The van der Waals surface area contributed by atoms with Crippen molar-refractivity contribution in [3.05, 3.63) is 41.3 Å². The molecule has 4 atom stereocenters. The molecule has 0 aliphatic heterocycles. The van der Waals surface area contributed by atoms with Crippen LogP contribution in [0.25, 0.3) is 22.6 Å². The van der Waals surface area contributed by atoms with Gasteiger partial charge in [-0.05, 0) is 52.8 Å². The number of aromatic nitrogens is 3. The first-order valence-corrected chi connectivity index (χ1v) is 12.4. The van der Waals surface area contributed by atoms with Gasteiger partial charge in [0.1, 0.15) is 30.0 Å². The molecule has 3 aromatic rings. The molecule has 0 radical (unpaired) electrons. The number of hydrogen-bond acceptors (Lipinski definition) is 9. The summed E-state index contributed by atoms with van der Waals surface area (Å²) in [5, 5.41) is 17.1. The van der Waals surface area contributed by atoms with E-state index in [0.717, 1.165) is 52.5 Å². The van der Waals surface area contributed by atoms with Gasteiger partial charge in [-0.3, -0.25) is 0 Å². The van der Waals surface area contributed by atoms with Crippen LogP contribution in [-0.2, 0) is 4.74 Å². The van der Waals surface area contributed by atoms with Crippen molar-refractivity contribution in [1.29, 1.82) is 0 Å².